The summed E-state index contributed by atoms with van der Waals surface area (Å²) in [5, 5.41) is 6.81. The number of carbonyl (C=O) groups excluding carboxylic acids is 1. The number of likely N-dealkylation sites (tertiary alicyclic amines) is 1. The summed E-state index contributed by atoms with van der Waals surface area (Å²) in [6.45, 7) is 3.65. The van der Waals surface area contributed by atoms with Crippen LogP contribution in [-0.4, -0.2) is 43.1 Å². The van der Waals surface area contributed by atoms with E-state index in [-0.39, 0.29) is 24.2 Å². The number of aromatic amines is 1. The molecule has 0 spiro atoms. The summed E-state index contributed by atoms with van der Waals surface area (Å²) >= 11 is 0. The molecule has 1 saturated heterocycles. The van der Waals surface area contributed by atoms with Crippen LogP contribution in [0.25, 0.3) is 22.3 Å². The van der Waals surface area contributed by atoms with Crippen molar-refractivity contribution in [2.75, 3.05) is 6.54 Å². The summed E-state index contributed by atoms with van der Waals surface area (Å²) in [6.07, 6.45) is 6.86. The third kappa shape index (κ3) is 3.95. The molecule has 1 aromatic carbocycles. The Morgan fingerprint density at radius 1 is 1.26 bits per heavy atom. The van der Waals surface area contributed by atoms with E-state index < -0.39 is 0 Å². The molecule has 0 bridgehead atoms. The lowest BCUT2D eigenvalue weighted by atomic mass is 10.1. The quantitative estimate of drug-likeness (QED) is 0.533. The highest BCUT2D eigenvalue weighted by molar-refractivity contribution is 5.80. The van der Waals surface area contributed by atoms with Gasteiger partial charge in [-0.15, -0.1) is 0 Å². The Bertz CT molecular complexity index is 1220. The second-order valence-corrected chi connectivity index (χ2v) is 8.36. The molecule has 0 radical (unpaired) electrons. The Labute approximate surface area is 179 Å². The first-order valence-corrected chi connectivity index (χ1v) is 10.6. The van der Waals surface area contributed by atoms with Gasteiger partial charge >= 0.3 is 0 Å². The fourth-order valence-corrected chi connectivity index (χ4v) is 4.61. The topological polar surface area (TPSA) is 66.8 Å². The van der Waals surface area contributed by atoms with Crippen molar-refractivity contribution in [3.8, 4) is 11.3 Å². The van der Waals surface area contributed by atoms with Gasteiger partial charge in [0.2, 0.25) is 5.91 Å². The van der Waals surface area contributed by atoms with Crippen molar-refractivity contribution < 1.29 is 9.18 Å². The molecule has 2 unspecified atom stereocenters. The van der Waals surface area contributed by atoms with Crippen LogP contribution in [0.2, 0.25) is 0 Å². The fraction of sp³-hybridized carbons (Fsp3) is 0.292. The van der Waals surface area contributed by atoms with Crippen LogP contribution in [0.3, 0.4) is 0 Å². The zero-order valence-corrected chi connectivity index (χ0v) is 17.3. The molecular formula is C24H24FN5O. The number of halogens is 1. The monoisotopic (exact) mass is 417 g/mol. The maximum absolute atomic E-state index is 13.4. The van der Waals surface area contributed by atoms with Crippen molar-refractivity contribution in [1.82, 2.24) is 24.6 Å². The van der Waals surface area contributed by atoms with Crippen LogP contribution < -0.4 is 0 Å². The highest BCUT2D eigenvalue weighted by Crippen LogP contribution is 2.28. The number of amides is 1. The Morgan fingerprint density at radius 2 is 2.16 bits per heavy atom. The summed E-state index contributed by atoms with van der Waals surface area (Å²) in [7, 11) is 0. The second-order valence-electron chi connectivity index (χ2n) is 8.36. The van der Waals surface area contributed by atoms with E-state index in [1.54, 1.807) is 18.3 Å². The first-order valence-electron chi connectivity index (χ1n) is 10.6. The predicted octanol–water partition coefficient (Wildman–Crippen LogP) is 4.05. The van der Waals surface area contributed by atoms with Crippen LogP contribution in [0, 0.1) is 11.7 Å². The highest BCUT2D eigenvalue weighted by Gasteiger charge is 2.32. The van der Waals surface area contributed by atoms with Gasteiger partial charge in [0, 0.05) is 37.1 Å². The summed E-state index contributed by atoms with van der Waals surface area (Å²) < 4.78 is 15.7. The Balaban J connectivity index is 1.27. The SMILES string of the molecule is CC1CC(Cn2ccc3nc(-c4cn[nH]c4)ccc32)CN1C(=O)Cc1cccc(F)c1. The van der Waals surface area contributed by atoms with Crippen LogP contribution >= 0.6 is 0 Å². The van der Waals surface area contributed by atoms with Crippen molar-refractivity contribution in [1.29, 1.82) is 0 Å². The number of hydrogen-bond acceptors (Lipinski definition) is 3. The van der Waals surface area contributed by atoms with Gasteiger partial charge in [-0.2, -0.15) is 5.10 Å². The minimum atomic E-state index is -0.304. The molecule has 1 aliphatic rings. The summed E-state index contributed by atoms with van der Waals surface area (Å²) in [6, 6.07) is 12.6. The van der Waals surface area contributed by atoms with Crippen LogP contribution in [0.4, 0.5) is 4.39 Å². The van der Waals surface area contributed by atoms with Gasteiger partial charge in [0.05, 0.1) is 29.3 Å². The lowest BCUT2D eigenvalue weighted by molar-refractivity contribution is -0.131. The molecule has 0 saturated carbocycles. The maximum Gasteiger partial charge on any atom is 0.227 e. The lowest BCUT2D eigenvalue weighted by Gasteiger charge is -2.21. The summed E-state index contributed by atoms with van der Waals surface area (Å²) in [5.41, 5.74) is 4.61. The van der Waals surface area contributed by atoms with Gasteiger partial charge in [0.15, 0.2) is 0 Å². The predicted molar refractivity (Wildman–Crippen MR) is 117 cm³/mol. The Morgan fingerprint density at radius 3 is 2.97 bits per heavy atom. The van der Waals surface area contributed by atoms with E-state index in [0.29, 0.717) is 5.92 Å². The number of carbonyl (C=O) groups is 1. The van der Waals surface area contributed by atoms with E-state index in [1.165, 1.54) is 12.1 Å². The number of hydrogen-bond donors (Lipinski definition) is 1. The molecule has 158 valence electrons. The third-order valence-electron chi connectivity index (χ3n) is 6.10. The van der Waals surface area contributed by atoms with Gasteiger partial charge in [-0.1, -0.05) is 12.1 Å². The van der Waals surface area contributed by atoms with Crippen molar-refractivity contribution in [2.45, 2.75) is 32.4 Å². The van der Waals surface area contributed by atoms with Gasteiger partial charge < -0.3 is 9.47 Å². The van der Waals surface area contributed by atoms with E-state index in [1.807, 2.05) is 23.2 Å². The number of fused-ring (bicyclic) bond motifs is 1. The van der Waals surface area contributed by atoms with Crippen LogP contribution in [0.1, 0.15) is 18.9 Å². The van der Waals surface area contributed by atoms with Gasteiger partial charge in [-0.05, 0) is 55.2 Å². The molecule has 1 amide bonds. The van der Waals surface area contributed by atoms with E-state index in [2.05, 4.69) is 34.0 Å². The minimum absolute atomic E-state index is 0.0596. The largest absolute Gasteiger partial charge is 0.346 e. The van der Waals surface area contributed by atoms with Crippen molar-refractivity contribution in [3.63, 3.8) is 0 Å². The van der Waals surface area contributed by atoms with Crippen LogP contribution in [0.5, 0.6) is 0 Å². The maximum atomic E-state index is 13.4. The third-order valence-corrected chi connectivity index (χ3v) is 6.10. The molecule has 31 heavy (non-hydrogen) atoms. The number of rotatable bonds is 5. The van der Waals surface area contributed by atoms with Crippen molar-refractivity contribution in [3.05, 3.63) is 72.4 Å². The first kappa shape index (κ1) is 19.5. The molecule has 5 rings (SSSR count). The Hall–Kier alpha value is -3.48. The van der Waals surface area contributed by atoms with Gasteiger partial charge in [0.25, 0.3) is 0 Å². The molecule has 3 aromatic heterocycles. The molecule has 0 aliphatic carbocycles. The zero-order valence-electron chi connectivity index (χ0n) is 17.3. The molecule has 4 aromatic rings. The summed E-state index contributed by atoms with van der Waals surface area (Å²) in [4.78, 5) is 19.5. The molecule has 4 heterocycles. The first-order chi connectivity index (χ1) is 15.1. The summed E-state index contributed by atoms with van der Waals surface area (Å²) in [5.74, 6) is 0.127. The van der Waals surface area contributed by atoms with Gasteiger partial charge in [-0.25, -0.2) is 9.37 Å². The van der Waals surface area contributed by atoms with Crippen molar-refractivity contribution >= 4 is 16.9 Å². The number of nitrogens with zero attached hydrogens (tertiary/aromatic N) is 4. The molecule has 1 N–H and O–H groups in total. The number of aromatic nitrogens is 4. The van der Waals surface area contributed by atoms with E-state index in [0.717, 1.165) is 47.4 Å². The Kier molecular flexibility index (Phi) is 5.02. The van der Waals surface area contributed by atoms with Gasteiger partial charge in [-0.3, -0.25) is 9.89 Å². The molecule has 1 fully saturated rings. The molecule has 6 nitrogen and oxygen atoms in total. The number of nitrogens with one attached hydrogen (secondary N) is 1. The zero-order chi connectivity index (χ0) is 21.4. The van der Waals surface area contributed by atoms with Gasteiger partial charge in [0.1, 0.15) is 5.82 Å². The number of pyridine rings is 1. The molecular weight excluding hydrogens is 393 g/mol. The number of benzene rings is 1. The van der Waals surface area contributed by atoms with E-state index >= 15 is 0 Å². The standard InChI is InChI=1S/C24H24FN5O/c1-16-9-18(15-30(16)24(31)11-17-3-2-4-20(25)10-17)14-29-8-7-22-23(29)6-5-21(28-22)19-12-26-27-13-19/h2-8,10,12-13,16,18H,9,11,14-15H2,1H3,(H,26,27). The normalized spacial score (nSPS) is 18.7. The molecule has 7 heteroatoms. The number of H-pyrrole nitrogens is 1. The lowest BCUT2D eigenvalue weighted by Crippen LogP contribution is -2.35. The van der Waals surface area contributed by atoms with E-state index in [4.69, 9.17) is 4.98 Å². The van der Waals surface area contributed by atoms with E-state index in [9.17, 15) is 9.18 Å². The highest BCUT2D eigenvalue weighted by atomic mass is 19.1. The minimum Gasteiger partial charge on any atom is -0.346 e. The van der Waals surface area contributed by atoms with Crippen LogP contribution in [-0.2, 0) is 17.8 Å². The molecule has 2 atom stereocenters. The second kappa shape index (κ2) is 7.98. The fourth-order valence-electron chi connectivity index (χ4n) is 4.61. The molecule has 1 aliphatic heterocycles. The average Bonchev–Trinajstić information content (AvgIpc) is 3.49. The van der Waals surface area contributed by atoms with Crippen molar-refractivity contribution in [2.24, 2.45) is 5.92 Å². The van der Waals surface area contributed by atoms with Crippen LogP contribution in [0.15, 0.2) is 61.1 Å². The smallest absolute Gasteiger partial charge is 0.227 e. The average molecular weight is 417 g/mol.